The van der Waals surface area contributed by atoms with Crippen molar-refractivity contribution < 1.29 is 0 Å². The van der Waals surface area contributed by atoms with Crippen LogP contribution in [0.3, 0.4) is 0 Å². The van der Waals surface area contributed by atoms with Crippen LogP contribution in [0.4, 0.5) is 5.82 Å². The van der Waals surface area contributed by atoms with Crippen LogP contribution in [-0.2, 0) is 6.54 Å². The van der Waals surface area contributed by atoms with E-state index in [1.54, 1.807) is 6.20 Å². The zero-order chi connectivity index (χ0) is 15.9. The van der Waals surface area contributed by atoms with Gasteiger partial charge in [0.15, 0.2) is 5.69 Å². The molecule has 0 fully saturated rings. The fraction of sp³-hybridized carbons (Fsp3) is 0.353. The first-order chi connectivity index (χ1) is 10.6. The highest BCUT2D eigenvalue weighted by atomic mass is 15.2. The minimum absolute atomic E-state index is 0.340. The highest BCUT2D eigenvalue weighted by Crippen LogP contribution is 2.14. The molecule has 1 aromatic heterocycles. The Labute approximate surface area is 131 Å². The Morgan fingerprint density at radius 3 is 2.55 bits per heavy atom. The number of nitriles is 1. The summed E-state index contributed by atoms with van der Waals surface area (Å²) >= 11 is 0. The third-order valence-corrected chi connectivity index (χ3v) is 3.35. The van der Waals surface area contributed by atoms with Crippen LogP contribution in [0.15, 0.2) is 36.7 Å². The van der Waals surface area contributed by atoms with E-state index in [0.717, 1.165) is 25.5 Å². The maximum absolute atomic E-state index is 8.84. The predicted molar refractivity (Wildman–Crippen MR) is 87.5 cm³/mol. The highest BCUT2D eigenvalue weighted by molar-refractivity contribution is 5.39. The van der Waals surface area contributed by atoms with Gasteiger partial charge >= 0.3 is 0 Å². The minimum atomic E-state index is 0.340. The van der Waals surface area contributed by atoms with E-state index in [2.05, 4.69) is 65.1 Å². The highest BCUT2D eigenvalue weighted by Gasteiger charge is 2.10. The Kier molecular flexibility index (Phi) is 5.45. The van der Waals surface area contributed by atoms with Crippen LogP contribution in [0.2, 0.25) is 0 Å². The summed E-state index contributed by atoms with van der Waals surface area (Å²) in [5.74, 6) is 0.794. The second-order valence-electron chi connectivity index (χ2n) is 5.59. The van der Waals surface area contributed by atoms with Crippen molar-refractivity contribution in [3.8, 4) is 6.07 Å². The molecule has 0 aliphatic rings. The average Bonchev–Trinajstić information content (AvgIpc) is 2.51. The smallest absolute Gasteiger partial charge is 0.158 e. The number of nitrogens with zero attached hydrogens (tertiary/aromatic N) is 5. The lowest BCUT2D eigenvalue weighted by Crippen LogP contribution is -2.32. The number of hydrogen-bond acceptors (Lipinski definition) is 5. The molecule has 0 bridgehead atoms. The predicted octanol–water partition coefficient (Wildman–Crippen LogP) is 2.22. The van der Waals surface area contributed by atoms with E-state index in [1.807, 2.05) is 6.07 Å². The van der Waals surface area contributed by atoms with Crippen molar-refractivity contribution >= 4 is 5.82 Å². The molecule has 114 valence electrons. The summed E-state index contributed by atoms with van der Waals surface area (Å²) in [6, 6.07) is 10.5. The van der Waals surface area contributed by atoms with Gasteiger partial charge in [-0.3, -0.25) is 0 Å². The SMILES string of the molecule is Cc1cccc(CN(CCN(C)C)c2cnc(C#N)cn2)c1. The van der Waals surface area contributed by atoms with E-state index in [9.17, 15) is 0 Å². The molecular weight excluding hydrogens is 274 g/mol. The van der Waals surface area contributed by atoms with Gasteiger partial charge in [0.1, 0.15) is 11.9 Å². The summed E-state index contributed by atoms with van der Waals surface area (Å²) < 4.78 is 0. The molecule has 1 heterocycles. The van der Waals surface area contributed by atoms with Gasteiger partial charge < -0.3 is 9.80 Å². The number of aryl methyl sites for hydroxylation is 1. The van der Waals surface area contributed by atoms with Crippen LogP contribution in [0, 0.1) is 18.3 Å². The third-order valence-electron chi connectivity index (χ3n) is 3.35. The number of aromatic nitrogens is 2. The molecule has 0 radical (unpaired) electrons. The molecule has 0 amide bonds. The van der Waals surface area contributed by atoms with E-state index < -0.39 is 0 Å². The van der Waals surface area contributed by atoms with Gasteiger partial charge in [0, 0.05) is 19.6 Å². The van der Waals surface area contributed by atoms with Crippen LogP contribution < -0.4 is 4.90 Å². The van der Waals surface area contributed by atoms with Gasteiger partial charge in [-0.2, -0.15) is 5.26 Å². The minimum Gasteiger partial charge on any atom is -0.350 e. The average molecular weight is 295 g/mol. The third kappa shape index (κ3) is 4.54. The zero-order valence-electron chi connectivity index (χ0n) is 13.3. The number of hydrogen-bond donors (Lipinski definition) is 0. The topological polar surface area (TPSA) is 56.0 Å². The fourth-order valence-corrected chi connectivity index (χ4v) is 2.17. The molecule has 1 aromatic carbocycles. The summed E-state index contributed by atoms with van der Waals surface area (Å²) in [5, 5.41) is 8.84. The van der Waals surface area contributed by atoms with E-state index >= 15 is 0 Å². The Morgan fingerprint density at radius 2 is 1.95 bits per heavy atom. The normalized spacial score (nSPS) is 10.5. The Morgan fingerprint density at radius 1 is 1.14 bits per heavy atom. The van der Waals surface area contributed by atoms with E-state index in [4.69, 9.17) is 5.26 Å². The van der Waals surface area contributed by atoms with Crippen molar-refractivity contribution in [2.45, 2.75) is 13.5 Å². The molecule has 22 heavy (non-hydrogen) atoms. The van der Waals surface area contributed by atoms with Crippen molar-refractivity contribution in [3.63, 3.8) is 0 Å². The lowest BCUT2D eigenvalue weighted by molar-refractivity contribution is 0.412. The molecule has 0 aliphatic heterocycles. The quantitative estimate of drug-likeness (QED) is 0.818. The van der Waals surface area contributed by atoms with Crippen LogP contribution >= 0.6 is 0 Å². The van der Waals surface area contributed by atoms with Crippen LogP contribution in [0.5, 0.6) is 0 Å². The number of rotatable bonds is 6. The molecule has 0 unspecified atom stereocenters. The largest absolute Gasteiger partial charge is 0.350 e. The maximum atomic E-state index is 8.84. The van der Waals surface area contributed by atoms with Gasteiger partial charge in [0.05, 0.1) is 12.4 Å². The van der Waals surface area contributed by atoms with Crippen LogP contribution in [0.25, 0.3) is 0 Å². The molecular formula is C17H21N5. The first-order valence-corrected chi connectivity index (χ1v) is 7.26. The summed E-state index contributed by atoms with van der Waals surface area (Å²) in [6.07, 6.45) is 3.19. The first-order valence-electron chi connectivity index (χ1n) is 7.26. The molecule has 0 atom stereocenters. The first kappa shape index (κ1) is 15.9. The van der Waals surface area contributed by atoms with E-state index in [0.29, 0.717) is 5.69 Å². The number of likely N-dealkylation sites (N-methyl/N-ethyl adjacent to an activating group) is 1. The van der Waals surface area contributed by atoms with Gasteiger partial charge in [-0.05, 0) is 26.6 Å². The van der Waals surface area contributed by atoms with Gasteiger partial charge in [-0.1, -0.05) is 29.8 Å². The molecule has 0 aliphatic carbocycles. The summed E-state index contributed by atoms with van der Waals surface area (Å²) in [7, 11) is 4.10. The molecule has 0 saturated carbocycles. The molecule has 0 N–H and O–H groups in total. The summed E-state index contributed by atoms with van der Waals surface area (Å²) in [5.41, 5.74) is 2.83. The maximum Gasteiger partial charge on any atom is 0.158 e. The molecule has 5 nitrogen and oxygen atoms in total. The Bertz CT molecular complexity index is 643. The Hall–Kier alpha value is -2.45. The van der Waals surface area contributed by atoms with Crippen molar-refractivity contribution in [2.24, 2.45) is 0 Å². The molecule has 2 rings (SSSR count). The van der Waals surface area contributed by atoms with Crippen molar-refractivity contribution in [1.29, 1.82) is 5.26 Å². The Balaban J connectivity index is 2.19. The molecule has 5 heteroatoms. The van der Waals surface area contributed by atoms with E-state index in [-0.39, 0.29) is 0 Å². The molecule has 2 aromatic rings. The van der Waals surface area contributed by atoms with E-state index in [1.165, 1.54) is 17.3 Å². The second kappa shape index (κ2) is 7.53. The van der Waals surface area contributed by atoms with Crippen molar-refractivity contribution in [1.82, 2.24) is 14.9 Å². The summed E-state index contributed by atoms with van der Waals surface area (Å²) in [6.45, 7) is 4.64. The summed E-state index contributed by atoms with van der Waals surface area (Å²) in [4.78, 5) is 12.8. The zero-order valence-corrected chi connectivity index (χ0v) is 13.3. The van der Waals surface area contributed by atoms with Gasteiger partial charge in [-0.15, -0.1) is 0 Å². The van der Waals surface area contributed by atoms with Gasteiger partial charge in [0.25, 0.3) is 0 Å². The fourth-order valence-electron chi connectivity index (χ4n) is 2.17. The number of benzene rings is 1. The lowest BCUT2D eigenvalue weighted by Gasteiger charge is -2.25. The van der Waals surface area contributed by atoms with Crippen molar-refractivity contribution in [2.75, 3.05) is 32.1 Å². The van der Waals surface area contributed by atoms with Gasteiger partial charge in [-0.25, -0.2) is 9.97 Å². The number of anilines is 1. The van der Waals surface area contributed by atoms with Crippen LogP contribution in [-0.4, -0.2) is 42.1 Å². The lowest BCUT2D eigenvalue weighted by atomic mass is 10.1. The standard InChI is InChI=1S/C17H21N5/c1-14-5-4-6-15(9-14)13-22(8-7-21(2)3)17-12-19-16(10-18)11-20-17/h4-6,9,11-12H,7-8,13H2,1-3H3. The molecule has 0 saturated heterocycles. The monoisotopic (exact) mass is 295 g/mol. The second-order valence-corrected chi connectivity index (χ2v) is 5.59. The van der Waals surface area contributed by atoms with Crippen LogP contribution in [0.1, 0.15) is 16.8 Å². The van der Waals surface area contributed by atoms with Crippen molar-refractivity contribution in [3.05, 3.63) is 53.5 Å². The molecule has 0 spiro atoms. The van der Waals surface area contributed by atoms with Gasteiger partial charge in [0.2, 0.25) is 0 Å².